The molecule has 1 aromatic heterocycles. The van der Waals surface area contributed by atoms with Crippen LogP contribution in [0.25, 0.3) is 0 Å². The smallest absolute Gasteiger partial charge is 0.159 e. The van der Waals surface area contributed by atoms with Gasteiger partial charge in [0.05, 0.1) is 19.4 Å². The van der Waals surface area contributed by atoms with Gasteiger partial charge in [-0.25, -0.2) is 0 Å². The number of nitrogens with zero attached hydrogens (tertiary/aromatic N) is 2. The largest absolute Gasteiger partial charge is 0.350 e. The Balaban J connectivity index is 1.91. The minimum atomic E-state index is -0.148. The first-order valence-electron chi connectivity index (χ1n) is 5.30. The molecule has 1 saturated heterocycles. The van der Waals surface area contributed by atoms with Gasteiger partial charge in [-0.2, -0.15) is 5.10 Å². The van der Waals surface area contributed by atoms with Crippen molar-refractivity contribution in [1.82, 2.24) is 9.78 Å². The van der Waals surface area contributed by atoms with Crippen LogP contribution in [-0.2, 0) is 16.0 Å². The van der Waals surface area contributed by atoms with Gasteiger partial charge in [-0.1, -0.05) is 0 Å². The van der Waals surface area contributed by atoms with E-state index >= 15 is 0 Å². The molecule has 0 radical (unpaired) electrons. The first-order valence-corrected chi connectivity index (χ1v) is 5.30. The Labute approximate surface area is 89.2 Å². The van der Waals surface area contributed by atoms with Gasteiger partial charge in [-0.3, -0.25) is 4.68 Å². The zero-order valence-corrected chi connectivity index (χ0v) is 8.93. The highest BCUT2D eigenvalue weighted by Gasteiger charge is 2.20. The van der Waals surface area contributed by atoms with Crippen molar-refractivity contribution in [3.8, 4) is 0 Å². The standard InChI is InChI=1S/C10H17N3O2/c1-2-13-7-8(6-12-13)9(11)5-10-14-3-4-15-10/h6-7,9-10H,2-5,11H2,1H3. The molecular formula is C10H17N3O2. The monoisotopic (exact) mass is 211 g/mol. The van der Waals surface area contributed by atoms with E-state index in [1.54, 1.807) is 0 Å². The predicted octanol–water partition coefficient (Wildman–Crippen LogP) is 0.666. The van der Waals surface area contributed by atoms with Gasteiger partial charge in [0.25, 0.3) is 0 Å². The van der Waals surface area contributed by atoms with Crippen LogP contribution in [0.3, 0.4) is 0 Å². The lowest BCUT2D eigenvalue weighted by atomic mass is 10.1. The molecule has 0 bridgehead atoms. The average molecular weight is 211 g/mol. The van der Waals surface area contributed by atoms with Gasteiger partial charge in [0.15, 0.2) is 6.29 Å². The van der Waals surface area contributed by atoms with Crippen molar-refractivity contribution in [3.63, 3.8) is 0 Å². The second-order valence-electron chi connectivity index (χ2n) is 3.64. The summed E-state index contributed by atoms with van der Waals surface area (Å²) in [6, 6.07) is -0.0617. The third-order valence-corrected chi connectivity index (χ3v) is 2.54. The van der Waals surface area contributed by atoms with Crippen molar-refractivity contribution in [2.45, 2.75) is 32.2 Å². The molecule has 5 heteroatoms. The number of rotatable bonds is 4. The Kier molecular flexibility index (Phi) is 3.35. The highest BCUT2D eigenvalue weighted by atomic mass is 16.7. The highest BCUT2D eigenvalue weighted by Crippen LogP contribution is 2.19. The number of hydrogen-bond donors (Lipinski definition) is 1. The Hall–Kier alpha value is -0.910. The fraction of sp³-hybridized carbons (Fsp3) is 0.700. The quantitative estimate of drug-likeness (QED) is 0.795. The van der Waals surface area contributed by atoms with Gasteiger partial charge in [-0.05, 0) is 6.92 Å². The normalized spacial score (nSPS) is 19.6. The zero-order chi connectivity index (χ0) is 10.7. The van der Waals surface area contributed by atoms with E-state index in [0.717, 1.165) is 12.1 Å². The maximum Gasteiger partial charge on any atom is 0.159 e. The SMILES string of the molecule is CCn1cc(C(N)CC2OCCO2)cn1. The van der Waals surface area contributed by atoms with E-state index in [-0.39, 0.29) is 12.3 Å². The maximum atomic E-state index is 6.03. The third kappa shape index (κ3) is 2.56. The van der Waals surface area contributed by atoms with Crippen LogP contribution in [0, 0.1) is 0 Å². The van der Waals surface area contributed by atoms with Crippen molar-refractivity contribution >= 4 is 0 Å². The zero-order valence-electron chi connectivity index (χ0n) is 8.93. The topological polar surface area (TPSA) is 62.3 Å². The van der Waals surface area contributed by atoms with Crippen molar-refractivity contribution in [2.75, 3.05) is 13.2 Å². The van der Waals surface area contributed by atoms with Crippen LogP contribution in [0.4, 0.5) is 0 Å². The van der Waals surface area contributed by atoms with E-state index < -0.39 is 0 Å². The van der Waals surface area contributed by atoms with Gasteiger partial charge in [0.2, 0.25) is 0 Å². The summed E-state index contributed by atoms with van der Waals surface area (Å²) in [7, 11) is 0. The van der Waals surface area contributed by atoms with Gasteiger partial charge in [-0.15, -0.1) is 0 Å². The van der Waals surface area contributed by atoms with Crippen LogP contribution in [0.1, 0.15) is 24.9 Å². The molecule has 84 valence electrons. The van der Waals surface area contributed by atoms with E-state index in [4.69, 9.17) is 15.2 Å². The summed E-state index contributed by atoms with van der Waals surface area (Å²) in [5.41, 5.74) is 7.07. The van der Waals surface area contributed by atoms with Crippen LogP contribution in [0.5, 0.6) is 0 Å². The van der Waals surface area contributed by atoms with Crippen molar-refractivity contribution in [3.05, 3.63) is 18.0 Å². The molecule has 0 aliphatic carbocycles. The van der Waals surface area contributed by atoms with E-state index in [1.165, 1.54) is 0 Å². The molecule has 5 nitrogen and oxygen atoms in total. The molecule has 2 N–H and O–H groups in total. The third-order valence-electron chi connectivity index (χ3n) is 2.54. The summed E-state index contributed by atoms with van der Waals surface area (Å²) in [4.78, 5) is 0. The molecule has 0 aromatic carbocycles. The summed E-state index contributed by atoms with van der Waals surface area (Å²) in [5.74, 6) is 0. The molecule has 1 fully saturated rings. The lowest BCUT2D eigenvalue weighted by molar-refractivity contribution is -0.0507. The summed E-state index contributed by atoms with van der Waals surface area (Å²) < 4.78 is 12.6. The molecular weight excluding hydrogens is 194 g/mol. The molecule has 15 heavy (non-hydrogen) atoms. The fourth-order valence-electron chi connectivity index (χ4n) is 1.63. The molecule has 1 aliphatic rings. The second kappa shape index (κ2) is 4.74. The molecule has 0 saturated carbocycles. The van der Waals surface area contributed by atoms with Gasteiger partial charge in [0.1, 0.15) is 0 Å². The lowest BCUT2D eigenvalue weighted by Crippen LogP contribution is -2.19. The Morgan fingerprint density at radius 3 is 2.93 bits per heavy atom. The van der Waals surface area contributed by atoms with Crippen molar-refractivity contribution in [2.24, 2.45) is 5.73 Å². The first-order chi connectivity index (χ1) is 7.29. The number of nitrogens with two attached hydrogens (primary N) is 1. The minimum absolute atomic E-state index is 0.0617. The van der Waals surface area contributed by atoms with E-state index in [9.17, 15) is 0 Å². The van der Waals surface area contributed by atoms with Crippen molar-refractivity contribution in [1.29, 1.82) is 0 Å². The van der Waals surface area contributed by atoms with Gasteiger partial charge < -0.3 is 15.2 Å². The summed E-state index contributed by atoms with van der Waals surface area (Å²) in [5, 5.41) is 4.19. The number of aryl methyl sites for hydroxylation is 1. The van der Waals surface area contributed by atoms with Gasteiger partial charge in [0, 0.05) is 30.8 Å². The molecule has 1 atom stereocenters. The van der Waals surface area contributed by atoms with Crippen LogP contribution >= 0.6 is 0 Å². The van der Waals surface area contributed by atoms with E-state index in [1.807, 2.05) is 24.0 Å². The Morgan fingerprint density at radius 2 is 2.33 bits per heavy atom. The molecule has 1 unspecified atom stereocenters. The number of ether oxygens (including phenoxy) is 2. The lowest BCUT2D eigenvalue weighted by Gasteiger charge is -2.13. The molecule has 0 spiro atoms. The van der Waals surface area contributed by atoms with Crippen LogP contribution in [0.2, 0.25) is 0 Å². The van der Waals surface area contributed by atoms with Crippen LogP contribution in [-0.4, -0.2) is 29.3 Å². The predicted molar refractivity (Wildman–Crippen MR) is 55.1 cm³/mol. The maximum absolute atomic E-state index is 6.03. The average Bonchev–Trinajstić information content (AvgIpc) is 2.86. The van der Waals surface area contributed by atoms with E-state index in [2.05, 4.69) is 5.10 Å². The summed E-state index contributed by atoms with van der Waals surface area (Å²) >= 11 is 0. The Morgan fingerprint density at radius 1 is 1.60 bits per heavy atom. The highest BCUT2D eigenvalue weighted by molar-refractivity contribution is 5.09. The molecule has 1 aliphatic heterocycles. The first kappa shape index (κ1) is 10.6. The molecule has 2 heterocycles. The van der Waals surface area contributed by atoms with Crippen LogP contribution < -0.4 is 5.73 Å². The molecule has 1 aromatic rings. The second-order valence-corrected chi connectivity index (χ2v) is 3.64. The minimum Gasteiger partial charge on any atom is -0.350 e. The summed E-state index contributed by atoms with van der Waals surface area (Å²) in [6.07, 6.45) is 4.32. The van der Waals surface area contributed by atoms with Crippen molar-refractivity contribution < 1.29 is 9.47 Å². The van der Waals surface area contributed by atoms with E-state index in [0.29, 0.717) is 19.6 Å². The summed E-state index contributed by atoms with van der Waals surface area (Å²) in [6.45, 7) is 4.26. The number of hydrogen-bond acceptors (Lipinski definition) is 4. The van der Waals surface area contributed by atoms with Crippen LogP contribution in [0.15, 0.2) is 12.4 Å². The fourth-order valence-corrected chi connectivity index (χ4v) is 1.63. The number of aromatic nitrogens is 2. The van der Waals surface area contributed by atoms with Gasteiger partial charge >= 0.3 is 0 Å². The molecule has 2 rings (SSSR count). The molecule has 0 amide bonds. The Bertz CT molecular complexity index is 307.